The molecule has 1 atom stereocenters. The number of methoxy groups -OCH3 is 1. The third kappa shape index (κ3) is 3.00. The number of carbonyl (C=O) groups is 1. The van der Waals surface area contributed by atoms with Crippen molar-refractivity contribution in [3.05, 3.63) is 47.3 Å². The Hall–Kier alpha value is -2.27. The lowest BCUT2D eigenvalue weighted by Gasteiger charge is -2.11. The van der Waals surface area contributed by atoms with Crippen LogP contribution in [0.25, 0.3) is 11.4 Å². The zero-order chi connectivity index (χ0) is 14.7. The van der Waals surface area contributed by atoms with Gasteiger partial charge in [0.05, 0.1) is 6.10 Å². The highest BCUT2D eigenvalue weighted by molar-refractivity contribution is 5.86. The van der Waals surface area contributed by atoms with Crippen molar-refractivity contribution in [1.29, 1.82) is 0 Å². The van der Waals surface area contributed by atoms with Crippen LogP contribution in [0.15, 0.2) is 30.3 Å². The van der Waals surface area contributed by atoms with E-state index in [1.807, 2.05) is 31.2 Å². The topological polar surface area (TPSA) is 72.3 Å². The first kappa shape index (κ1) is 14.1. The minimum Gasteiger partial charge on any atom is -0.477 e. The summed E-state index contributed by atoms with van der Waals surface area (Å²) in [4.78, 5) is 19.4. The number of hydrogen-bond donors (Lipinski definition) is 1. The maximum Gasteiger partial charge on any atom is 0.354 e. The number of carboxylic acids is 1. The monoisotopic (exact) mass is 272 g/mol. The second kappa shape index (κ2) is 5.79. The van der Waals surface area contributed by atoms with Crippen molar-refractivity contribution in [2.75, 3.05) is 7.11 Å². The Labute approximate surface area is 117 Å². The summed E-state index contributed by atoms with van der Waals surface area (Å²) in [6.45, 7) is 3.69. The molecule has 1 aromatic heterocycles. The van der Waals surface area contributed by atoms with Crippen molar-refractivity contribution < 1.29 is 14.6 Å². The third-order valence-corrected chi connectivity index (χ3v) is 3.04. The molecule has 5 heteroatoms. The summed E-state index contributed by atoms with van der Waals surface area (Å²) in [7, 11) is 1.64. The van der Waals surface area contributed by atoms with E-state index >= 15 is 0 Å². The summed E-state index contributed by atoms with van der Waals surface area (Å²) in [6.07, 6.45) is -0.0429. The number of nitrogens with zero attached hydrogens (tertiary/aromatic N) is 2. The third-order valence-electron chi connectivity index (χ3n) is 3.04. The van der Waals surface area contributed by atoms with E-state index in [1.165, 1.54) is 6.07 Å². The van der Waals surface area contributed by atoms with E-state index in [-0.39, 0.29) is 11.8 Å². The second-order valence-corrected chi connectivity index (χ2v) is 4.53. The summed E-state index contributed by atoms with van der Waals surface area (Å²) in [5.74, 6) is -0.647. The molecule has 0 aliphatic heterocycles. The molecule has 20 heavy (non-hydrogen) atoms. The van der Waals surface area contributed by atoms with E-state index in [4.69, 9.17) is 9.84 Å². The van der Waals surface area contributed by atoms with Gasteiger partial charge >= 0.3 is 5.97 Å². The molecule has 0 radical (unpaired) electrons. The molecule has 1 aromatic carbocycles. The molecule has 2 rings (SSSR count). The molecule has 0 amide bonds. The zero-order valence-electron chi connectivity index (χ0n) is 11.6. The standard InChI is InChI=1S/C15H16N2O3/c1-9-7-13(15(18)19)17-14(16-9)12-6-4-5-11(8-12)10(2)20-3/h4-8,10H,1-3H3,(H,18,19)/t10-/m0/s1. The SMILES string of the molecule is CO[C@@H](C)c1cccc(-c2nc(C)cc(C(=O)O)n2)c1. The lowest BCUT2D eigenvalue weighted by Crippen LogP contribution is -2.04. The van der Waals surface area contributed by atoms with E-state index in [0.29, 0.717) is 11.5 Å². The van der Waals surface area contributed by atoms with E-state index in [9.17, 15) is 4.79 Å². The summed E-state index contributed by atoms with van der Waals surface area (Å²) < 4.78 is 5.28. The van der Waals surface area contributed by atoms with Crippen LogP contribution in [-0.4, -0.2) is 28.2 Å². The summed E-state index contributed by atoms with van der Waals surface area (Å²) >= 11 is 0. The summed E-state index contributed by atoms with van der Waals surface area (Å²) in [6, 6.07) is 9.05. The van der Waals surface area contributed by atoms with Gasteiger partial charge in [0.25, 0.3) is 0 Å². The average Bonchev–Trinajstić information content (AvgIpc) is 2.45. The molecule has 104 valence electrons. The first-order valence-electron chi connectivity index (χ1n) is 6.23. The predicted octanol–water partition coefficient (Wildman–Crippen LogP) is 2.86. The van der Waals surface area contributed by atoms with Gasteiger partial charge in [-0.3, -0.25) is 0 Å². The van der Waals surface area contributed by atoms with Crippen molar-refractivity contribution in [3.8, 4) is 11.4 Å². The normalized spacial score (nSPS) is 12.2. The highest BCUT2D eigenvalue weighted by atomic mass is 16.5. The average molecular weight is 272 g/mol. The quantitative estimate of drug-likeness (QED) is 0.926. The summed E-state index contributed by atoms with van der Waals surface area (Å²) in [5, 5.41) is 9.05. The van der Waals surface area contributed by atoms with Crippen LogP contribution < -0.4 is 0 Å². The number of benzene rings is 1. The molecule has 0 spiro atoms. The zero-order valence-corrected chi connectivity index (χ0v) is 11.6. The smallest absolute Gasteiger partial charge is 0.354 e. The molecule has 1 heterocycles. The van der Waals surface area contributed by atoms with Crippen LogP contribution in [0, 0.1) is 6.92 Å². The number of aryl methyl sites for hydroxylation is 1. The Balaban J connectivity index is 2.48. The molecule has 0 bridgehead atoms. The molecule has 1 N–H and O–H groups in total. The molecular formula is C15H16N2O3. The van der Waals surface area contributed by atoms with Crippen LogP contribution in [0.3, 0.4) is 0 Å². The fraction of sp³-hybridized carbons (Fsp3) is 0.267. The van der Waals surface area contributed by atoms with E-state index < -0.39 is 5.97 Å². The number of carboxylic acid groups (broad SMARTS) is 1. The van der Waals surface area contributed by atoms with Crippen LogP contribution in [-0.2, 0) is 4.74 Å². The molecule has 0 fully saturated rings. The molecule has 2 aromatic rings. The Morgan fingerprint density at radius 1 is 1.30 bits per heavy atom. The van der Waals surface area contributed by atoms with Crippen molar-refractivity contribution in [2.24, 2.45) is 0 Å². The van der Waals surface area contributed by atoms with Gasteiger partial charge in [-0.15, -0.1) is 0 Å². The lowest BCUT2D eigenvalue weighted by atomic mass is 10.1. The van der Waals surface area contributed by atoms with E-state index in [0.717, 1.165) is 11.1 Å². The van der Waals surface area contributed by atoms with E-state index in [1.54, 1.807) is 14.0 Å². The van der Waals surface area contributed by atoms with Crippen molar-refractivity contribution in [1.82, 2.24) is 9.97 Å². The van der Waals surface area contributed by atoms with Crippen LogP contribution >= 0.6 is 0 Å². The highest BCUT2D eigenvalue weighted by Crippen LogP contribution is 2.22. The van der Waals surface area contributed by atoms with Gasteiger partial charge in [0, 0.05) is 18.4 Å². The number of ether oxygens (including phenoxy) is 1. The Morgan fingerprint density at radius 2 is 2.05 bits per heavy atom. The van der Waals surface area contributed by atoms with Crippen molar-refractivity contribution in [3.63, 3.8) is 0 Å². The Bertz CT molecular complexity index is 641. The van der Waals surface area contributed by atoms with Gasteiger partial charge in [0.1, 0.15) is 0 Å². The summed E-state index contributed by atoms with van der Waals surface area (Å²) in [5.41, 5.74) is 2.39. The number of aromatic carboxylic acids is 1. The minimum atomic E-state index is -1.06. The fourth-order valence-electron chi connectivity index (χ4n) is 1.87. The fourth-order valence-corrected chi connectivity index (χ4v) is 1.87. The molecule has 0 saturated heterocycles. The Kier molecular flexibility index (Phi) is 4.10. The van der Waals surface area contributed by atoms with Crippen LogP contribution in [0.1, 0.15) is 34.8 Å². The first-order chi connectivity index (χ1) is 9.51. The first-order valence-corrected chi connectivity index (χ1v) is 6.23. The minimum absolute atomic E-state index is 0.00214. The molecule has 0 aliphatic carbocycles. The molecular weight excluding hydrogens is 256 g/mol. The van der Waals surface area contributed by atoms with Gasteiger partial charge in [0.2, 0.25) is 0 Å². The second-order valence-electron chi connectivity index (χ2n) is 4.53. The van der Waals surface area contributed by atoms with Crippen LogP contribution in [0.5, 0.6) is 0 Å². The highest BCUT2D eigenvalue weighted by Gasteiger charge is 2.11. The molecule has 0 saturated carbocycles. The van der Waals surface area contributed by atoms with Gasteiger partial charge < -0.3 is 9.84 Å². The predicted molar refractivity (Wildman–Crippen MR) is 74.6 cm³/mol. The molecule has 0 unspecified atom stereocenters. The molecule has 5 nitrogen and oxygen atoms in total. The number of aromatic nitrogens is 2. The largest absolute Gasteiger partial charge is 0.477 e. The van der Waals surface area contributed by atoms with Crippen LogP contribution in [0.4, 0.5) is 0 Å². The Morgan fingerprint density at radius 3 is 2.70 bits per heavy atom. The van der Waals surface area contributed by atoms with Gasteiger partial charge in [-0.25, -0.2) is 14.8 Å². The maximum atomic E-state index is 11.0. The molecule has 0 aliphatic rings. The number of hydrogen-bond acceptors (Lipinski definition) is 4. The number of rotatable bonds is 4. The van der Waals surface area contributed by atoms with Gasteiger partial charge in [0.15, 0.2) is 11.5 Å². The van der Waals surface area contributed by atoms with Gasteiger partial charge in [-0.05, 0) is 31.5 Å². The van der Waals surface area contributed by atoms with Crippen LogP contribution in [0.2, 0.25) is 0 Å². The van der Waals surface area contributed by atoms with Crippen molar-refractivity contribution >= 4 is 5.97 Å². The van der Waals surface area contributed by atoms with Gasteiger partial charge in [-0.2, -0.15) is 0 Å². The van der Waals surface area contributed by atoms with E-state index in [2.05, 4.69) is 9.97 Å². The lowest BCUT2D eigenvalue weighted by molar-refractivity contribution is 0.0690. The maximum absolute atomic E-state index is 11.0. The van der Waals surface area contributed by atoms with Gasteiger partial charge in [-0.1, -0.05) is 18.2 Å². The van der Waals surface area contributed by atoms with Crippen molar-refractivity contribution in [2.45, 2.75) is 20.0 Å².